The molecule has 0 spiro atoms. The van der Waals surface area contributed by atoms with Crippen molar-refractivity contribution in [3.05, 3.63) is 72.9 Å². The van der Waals surface area contributed by atoms with Crippen LogP contribution in [-0.2, 0) is 28.2 Å². The van der Waals surface area contributed by atoms with Crippen molar-refractivity contribution in [3.63, 3.8) is 0 Å². The van der Waals surface area contributed by atoms with Gasteiger partial charge in [0.1, 0.15) is 6.61 Å². The highest BCUT2D eigenvalue weighted by molar-refractivity contribution is 7.46. The molecule has 0 aromatic rings. The van der Waals surface area contributed by atoms with Crippen LogP contribution in [0.4, 0.5) is 0 Å². The molecule has 0 aliphatic rings. The standard InChI is InChI=1S/C41H69O8P/c1-3-5-7-9-11-13-15-17-19-20-22-24-26-28-30-32-34-36-41(43)49-39(38-48-50(44,45)46)37-47-40(42)35-33-31-29-27-25-23-21-18-16-14-12-10-8-6-4-2/h6,8,10,12,14,16,18,21-22,24,28,30,39H,3-5,7,9,11,13,15,17,19-20,23,25-27,29,31-38H2,1-2H3,(H2,44,45,46)/b8-6+,12-10+,16-14+,21-18+,24-22+,30-28+/t39-/m1/s1. The van der Waals surface area contributed by atoms with Crippen LogP contribution in [0.1, 0.15) is 155 Å². The first-order valence-corrected chi connectivity index (χ1v) is 20.8. The first-order chi connectivity index (χ1) is 24.3. The smallest absolute Gasteiger partial charge is 0.462 e. The van der Waals surface area contributed by atoms with Gasteiger partial charge >= 0.3 is 19.8 Å². The number of rotatable bonds is 34. The Morgan fingerprint density at radius 3 is 1.66 bits per heavy atom. The Morgan fingerprint density at radius 1 is 0.560 bits per heavy atom. The highest BCUT2D eigenvalue weighted by Gasteiger charge is 2.22. The number of unbranched alkanes of at least 4 members (excludes halogenated alkanes) is 15. The molecule has 1 atom stereocenters. The first kappa shape index (κ1) is 47.5. The van der Waals surface area contributed by atoms with Crippen molar-refractivity contribution in [1.29, 1.82) is 0 Å². The highest BCUT2D eigenvalue weighted by atomic mass is 31.2. The van der Waals surface area contributed by atoms with Crippen molar-refractivity contribution in [3.8, 4) is 0 Å². The fourth-order valence-corrected chi connectivity index (χ4v) is 5.31. The molecular weight excluding hydrogens is 651 g/mol. The molecule has 0 aliphatic heterocycles. The molecule has 0 unspecified atom stereocenters. The molecule has 0 rings (SSSR count). The van der Waals surface area contributed by atoms with Gasteiger partial charge in [0.2, 0.25) is 0 Å². The average Bonchev–Trinajstić information content (AvgIpc) is 3.08. The molecule has 0 fully saturated rings. The van der Waals surface area contributed by atoms with E-state index in [1.165, 1.54) is 57.8 Å². The van der Waals surface area contributed by atoms with Crippen LogP contribution in [0, 0.1) is 0 Å². The Labute approximate surface area is 304 Å². The third-order valence-corrected chi connectivity index (χ3v) is 8.29. The van der Waals surface area contributed by atoms with E-state index in [1.807, 2.05) is 36.5 Å². The molecule has 0 bridgehead atoms. The summed E-state index contributed by atoms with van der Waals surface area (Å²) in [6.45, 7) is 3.47. The van der Waals surface area contributed by atoms with Gasteiger partial charge in [-0.3, -0.25) is 14.1 Å². The van der Waals surface area contributed by atoms with Crippen LogP contribution in [0.3, 0.4) is 0 Å². The van der Waals surface area contributed by atoms with Crippen LogP contribution in [0.2, 0.25) is 0 Å². The second kappa shape index (κ2) is 36.3. The van der Waals surface area contributed by atoms with E-state index in [2.05, 4.69) is 54.8 Å². The number of ether oxygens (including phenoxy) is 2. The number of hydrogen-bond acceptors (Lipinski definition) is 6. The second-order valence-electron chi connectivity index (χ2n) is 12.6. The fraction of sp³-hybridized carbons (Fsp3) is 0.659. The minimum Gasteiger partial charge on any atom is -0.462 e. The van der Waals surface area contributed by atoms with Gasteiger partial charge < -0.3 is 19.3 Å². The minimum atomic E-state index is -4.77. The van der Waals surface area contributed by atoms with E-state index < -0.39 is 32.5 Å². The molecule has 50 heavy (non-hydrogen) atoms. The number of esters is 2. The van der Waals surface area contributed by atoms with E-state index in [0.29, 0.717) is 19.3 Å². The topological polar surface area (TPSA) is 119 Å². The van der Waals surface area contributed by atoms with E-state index in [0.717, 1.165) is 51.4 Å². The van der Waals surface area contributed by atoms with Crippen molar-refractivity contribution < 1.29 is 37.9 Å². The minimum absolute atomic E-state index is 0.139. The lowest BCUT2D eigenvalue weighted by molar-refractivity contribution is -0.161. The monoisotopic (exact) mass is 720 g/mol. The van der Waals surface area contributed by atoms with Gasteiger partial charge in [-0.25, -0.2) is 4.57 Å². The van der Waals surface area contributed by atoms with Crippen LogP contribution >= 0.6 is 7.82 Å². The summed E-state index contributed by atoms with van der Waals surface area (Å²) < 4.78 is 26.3. The summed E-state index contributed by atoms with van der Waals surface area (Å²) in [5, 5.41) is 0. The Bertz CT molecular complexity index is 1040. The van der Waals surface area contributed by atoms with E-state index in [1.54, 1.807) is 0 Å². The van der Waals surface area contributed by atoms with Crippen molar-refractivity contribution in [2.45, 2.75) is 161 Å². The number of carbonyl (C=O) groups excluding carboxylic acids is 2. The molecule has 9 heteroatoms. The summed E-state index contributed by atoms with van der Waals surface area (Å²) in [6.07, 6.45) is 46.3. The summed E-state index contributed by atoms with van der Waals surface area (Å²) >= 11 is 0. The number of phosphoric ester groups is 1. The van der Waals surface area contributed by atoms with Crippen molar-refractivity contribution in [2.75, 3.05) is 13.2 Å². The zero-order chi connectivity index (χ0) is 36.8. The molecule has 0 aliphatic carbocycles. The third-order valence-electron chi connectivity index (χ3n) is 7.80. The summed E-state index contributed by atoms with van der Waals surface area (Å²) in [5.41, 5.74) is 0. The number of allylic oxidation sites excluding steroid dienone is 12. The maximum absolute atomic E-state index is 12.4. The van der Waals surface area contributed by atoms with Gasteiger partial charge in [-0.15, -0.1) is 0 Å². The molecule has 0 heterocycles. The van der Waals surface area contributed by atoms with Crippen molar-refractivity contribution in [2.24, 2.45) is 0 Å². The van der Waals surface area contributed by atoms with Gasteiger partial charge in [0.05, 0.1) is 6.61 Å². The van der Waals surface area contributed by atoms with Crippen LogP contribution in [0.5, 0.6) is 0 Å². The molecule has 2 N–H and O–H groups in total. The summed E-state index contributed by atoms with van der Waals surface area (Å²) in [5.74, 6) is -0.972. The average molecular weight is 721 g/mol. The molecule has 286 valence electrons. The van der Waals surface area contributed by atoms with Crippen LogP contribution in [-0.4, -0.2) is 41.0 Å². The lowest BCUT2D eigenvalue weighted by Crippen LogP contribution is -2.29. The maximum atomic E-state index is 12.4. The highest BCUT2D eigenvalue weighted by Crippen LogP contribution is 2.36. The van der Waals surface area contributed by atoms with E-state index in [-0.39, 0.29) is 19.4 Å². The normalized spacial score (nSPS) is 13.3. The molecule has 0 saturated heterocycles. The maximum Gasteiger partial charge on any atom is 0.469 e. The number of carbonyl (C=O) groups is 2. The molecular formula is C41H69O8P. The fourth-order valence-electron chi connectivity index (χ4n) is 4.95. The molecule has 0 aromatic carbocycles. The van der Waals surface area contributed by atoms with Crippen LogP contribution < -0.4 is 0 Å². The van der Waals surface area contributed by atoms with E-state index in [4.69, 9.17) is 19.3 Å². The van der Waals surface area contributed by atoms with Crippen molar-refractivity contribution in [1.82, 2.24) is 0 Å². The Balaban J connectivity index is 4.08. The van der Waals surface area contributed by atoms with Gasteiger partial charge in [0.15, 0.2) is 6.10 Å². The largest absolute Gasteiger partial charge is 0.469 e. The van der Waals surface area contributed by atoms with Crippen LogP contribution in [0.25, 0.3) is 0 Å². The molecule has 8 nitrogen and oxygen atoms in total. The van der Waals surface area contributed by atoms with Gasteiger partial charge in [-0.05, 0) is 57.8 Å². The lowest BCUT2D eigenvalue weighted by Gasteiger charge is -2.18. The van der Waals surface area contributed by atoms with Crippen molar-refractivity contribution >= 4 is 19.8 Å². The molecule has 0 aromatic heterocycles. The van der Waals surface area contributed by atoms with Gasteiger partial charge in [-0.1, -0.05) is 157 Å². The predicted molar refractivity (Wildman–Crippen MR) is 207 cm³/mol. The van der Waals surface area contributed by atoms with E-state index in [9.17, 15) is 14.2 Å². The number of hydrogen-bond donors (Lipinski definition) is 2. The summed E-state index contributed by atoms with van der Waals surface area (Å²) in [7, 11) is -4.77. The zero-order valence-corrected chi connectivity index (χ0v) is 32.2. The Kier molecular flexibility index (Phi) is 34.5. The quantitative estimate of drug-likeness (QED) is 0.0222. The van der Waals surface area contributed by atoms with Gasteiger partial charge in [-0.2, -0.15) is 0 Å². The first-order valence-electron chi connectivity index (χ1n) is 19.3. The second-order valence-corrected chi connectivity index (χ2v) is 13.8. The molecule has 0 amide bonds. The predicted octanol–water partition coefficient (Wildman–Crippen LogP) is 11.5. The van der Waals surface area contributed by atoms with Crippen LogP contribution in [0.15, 0.2) is 72.9 Å². The lowest BCUT2D eigenvalue weighted by atomic mass is 10.1. The Hall–Kier alpha value is -2.51. The van der Waals surface area contributed by atoms with Gasteiger partial charge in [0.25, 0.3) is 0 Å². The van der Waals surface area contributed by atoms with E-state index >= 15 is 0 Å². The summed E-state index contributed by atoms with van der Waals surface area (Å²) in [6, 6.07) is 0. The third kappa shape index (κ3) is 38.3. The molecule has 0 saturated carbocycles. The number of phosphoric acid groups is 1. The SMILES string of the molecule is CC/C=C/C=C/C=C/C=C/CCCCCCCC(=O)OC[C@H](COP(=O)(O)O)OC(=O)CCC/C=C/C/C=C/CCCCCCCCCCC. The zero-order valence-electron chi connectivity index (χ0n) is 31.3. The summed E-state index contributed by atoms with van der Waals surface area (Å²) in [4.78, 5) is 42.7. The molecule has 0 radical (unpaired) electrons. The Morgan fingerprint density at radius 2 is 1.06 bits per heavy atom. The van der Waals surface area contributed by atoms with Gasteiger partial charge in [0, 0.05) is 12.8 Å².